The smallest absolute Gasteiger partial charge is 0.271 e. The van der Waals surface area contributed by atoms with E-state index in [1.54, 1.807) is 10.9 Å². The highest BCUT2D eigenvalue weighted by atomic mass is 32.1. The lowest BCUT2D eigenvalue weighted by Crippen LogP contribution is -2.53. The average Bonchev–Trinajstić information content (AvgIpc) is 3.11. The number of aliphatic hydroxyl groups excluding tert-OH is 1. The summed E-state index contributed by atoms with van der Waals surface area (Å²) in [7, 11) is 0. The van der Waals surface area contributed by atoms with Crippen LogP contribution in [0.15, 0.2) is 41.2 Å². The number of hydrogen-bond acceptors (Lipinski definition) is 5. The number of rotatable bonds is 5. The van der Waals surface area contributed by atoms with Gasteiger partial charge in [0.1, 0.15) is 5.69 Å². The topological polar surface area (TPSA) is 65.5 Å². The fourth-order valence-electron chi connectivity index (χ4n) is 3.00. The fraction of sp³-hybridized carbons (Fsp3) is 0.412. The molecule has 3 rings (SSSR count). The zero-order chi connectivity index (χ0) is 16.1. The number of amides is 1. The highest BCUT2D eigenvalue weighted by Gasteiger charge is 2.30. The minimum atomic E-state index is -0.156. The van der Waals surface area contributed by atoms with Gasteiger partial charge in [-0.05, 0) is 18.5 Å². The van der Waals surface area contributed by atoms with Crippen molar-refractivity contribution in [3.05, 3.63) is 52.5 Å². The fourth-order valence-corrected chi connectivity index (χ4v) is 3.53. The molecule has 1 aromatic heterocycles. The molecule has 1 saturated heterocycles. The van der Waals surface area contributed by atoms with Crippen molar-refractivity contribution in [3.63, 3.8) is 0 Å². The van der Waals surface area contributed by atoms with Crippen LogP contribution in [0, 0.1) is 5.92 Å². The number of nitrogens with zero attached hydrogens (tertiary/aromatic N) is 2. The van der Waals surface area contributed by atoms with E-state index in [-0.39, 0.29) is 24.5 Å². The van der Waals surface area contributed by atoms with Crippen molar-refractivity contribution >= 4 is 17.2 Å². The number of thiazole rings is 1. The van der Waals surface area contributed by atoms with E-state index in [2.05, 4.69) is 27.3 Å². The Bertz CT molecular complexity index is 618. The van der Waals surface area contributed by atoms with Crippen LogP contribution in [0.25, 0.3) is 0 Å². The Kier molecular flexibility index (Phi) is 5.38. The molecular weight excluding hydrogens is 310 g/mol. The predicted octanol–water partition coefficient (Wildman–Crippen LogP) is 1.76. The lowest BCUT2D eigenvalue weighted by atomic mass is 9.92. The molecule has 0 bridgehead atoms. The van der Waals surface area contributed by atoms with Crippen LogP contribution in [0.1, 0.15) is 22.5 Å². The molecule has 1 fully saturated rings. The molecular formula is C17H21N3O2S. The normalized spacial score (nSPS) is 22.0. The molecule has 5 nitrogen and oxygen atoms in total. The first-order valence-electron chi connectivity index (χ1n) is 7.82. The number of aromatic nitrogens is 1. The van der Waals surface area contributed by atoms with Gasteiger partial charge in [0.25, 0.3) is 5.91 Å². The van der Waals surface area contributed by atoms with Crippen LogP contribution in [0.3, 0.4) is 0 Å². The number of benzene rings is 1. The van der Waals surface area contributed by atoms with E-state index in [1.807, 2.05) is 18.2 Å². The van der Waals surface area contributed by atoms with Crippen LogP contribution < -0.4 is 5.32 Å². The molecule has 2 aromatic rings. The minimum Gasteiger partial charge on any atom is -0.396 e. The quantitative estimate of drug-likeness (QED) is 0.876. The molecule has 0 radical (unpaired) electrons. The molecule has 2 atom stereocenters. The summed E-state index contributed by atoms with van der Waals surface area (Å²) < 4.78 is 0. The van der Waals surface area contributed by atoms with E-state index in [4.69, 9.17) is 0 Å². The van der Waals surface area contributed by atoms with E-state index in [0.29, 0.717) is 5.69 Å². The summed E-state index contributed by atoms with van der Waals surface area (Å²) in [6, 6.07) is 10.3. The summed E-state index contributed by atoms with van der Waals surface area (Å²) in [6.45, 7) is 2.64. The molecule has 0 aliphatic carbocycles. The first-order chi connectivity index (χ1) is 11.3. The van der Waals surface area contributed by atoms with E-state index >= 15 is 0 Å². The van der Waals surface area contributed by atoms with Crippen molar-refractivity contribution in [2.75, 3.05) is 19.7 Å². The van der Waals surface area contributed by atoms with Crippen molar-refractivity contribution in [1.29, 1.82) is 0 Å². The highest BCUT2D eigenvalue weighted by Crippen LogP contribution is 2.20. The highest BCUT2D eigenvalue weighted by molar-refractivity contribution is 7.07. The van der Waals surface area contributed by atoms with Crippen LogP contribution in [-0.4, -0.2) is 46.6 Å². The Balaban J connectivity index is 1.63. The van der Waals surface area contributed by atoms with Crippen molar-refractivity contribution in [2.24, 2.45) is 5.92 Å². The largest absolute Gasteiger partial charge is 0.396 e. The summed E-state index contributed by atoms with van der Waals surface area (Å²) in [4.78, 5) is 18.6. The second kappa shape index (κ2) is 7.68. The van der Waals surface area contributed by atoms with Crippen molar-refractivity contribution in [2.45, 2.75) is 19.0 Å². The van der Waals surface area contributed by atoms with Crippen molar-refractivity contribution in [3.8, 4) is 0 Å². The molecule has 2 N–H and O–H groups in total. The average molecular weight is 331 g/mol. The Morgan fingerprint density at radius 2 is 2.22 bits per heavy atom. The Morgan fingerprint density at radius 3 is 2.91 bits per heavy atom. The van der Waals surface area contributed by atoms with Gasteiger partial charge < -0.3 is 10.4 Å². The molecule has 0 saturated carbocycles. The van der Waals surface area contributed by atoms with Gasteiger partial charge in [-0.3, -0.25) is 9.69 Å². The summed E-state index contributed by atoms with van der Waals surface area (Å²) >= 11 is 1.41. The summed E-state index contributed by atoms with van der Waals surface area (Å²) in [5.41, 5.74) is 3.37. The number of likely N-dealkylation sites (tertiary alicyclic amines) is 1. The SMILES string of the molecule is O=C(NC1CN(Cc2ccccc2)CCC1CO)c1cscn1. The molecule has 1 aliphatic rings. The maximum atomic E-state index is 12.2. The molecule has 2 unspecified atom stereocenters. The van der Waals surface area contributed by atoms with E-state index in [9.17, 15) is 9.90 Å². The zero-order valence-electron chi connectivity index (χ0n) is 12.9. The number of carbonyl (C=O) groups is 1. The van der Waals surface area contributed by atoms with Gasteiger partial charge in [-0.1, -0.05) is 30.3 Å². The monoisotopic (exact) mass is 331 g/mol. The second-order valence-corrected chi connectivity index (χ2v) is 6.62. The summed E-state index contributed by atoms with van der Waals surface area (Å²) in [5, 5.41) is 14.4. The van der Waals surface area contributed by atoms with Crippen LogP contribution in [0.5, 0.6) is 0 Å². The molecule has 1 amide bonds. The standard InChI is InChI=1S/C17H21N3O2S/c21-10-14-6-7-20(8-13-4-2-1-3-5-13)9-15(14)19-17(22)16-11-23-12-18-16/h1-5,11-12,14-15,21H,6-10H2,(H,19,22). The van der Waals surface area contributed by atoms with Gasteiger partial charge in [-0.15, -0.1) is 11.3 Å². The van der Waals surface area contributed by atoms with Gasteiger partial charge in [-0.25, -0.2) is 4.98 Å². The van der Waals surface area contributed by atoms with E-state index in [1.165, 1.54) is 16.9 Å². The minimum absolute atomic E-state index is 0.0494. The first kappa shape index (κ1) is 16.1. The Labute approximate surface area is 140 Å². The predicted molar refractivity (Wildman–Crippen MR) is 90.3 cm³/mol. The Hall–Kier alpha value is -1.76. The van der Waals surface area contributed by atoms with Gasteiger partial charge in [0.2, 0.25) is 0 Å². The third-order valence-electron chi connectivity index (χ3n) is 4.31. The number of hydrogen-bond donors (Lipinski definition) is 2. The third-order valence-corrected chi connectivity index (χ3v) is 4.89. The molecule has 2 heterocycles. The van der Waals surface area contributed by atoms with Crippen LogP contribution in [-0.2, 0) is 6.54 Å². The lowest BCUT2D eigenvalue weighted by molar-refractivity contribution is 0.0727. The summed E-state index contributed by atoms with van der Waals surface area (Å²) in [5.74, 6) is -0.0547. The molecule has 122 valence electrons. The maximum Gasteiger partial charge on any atom is 0.271 e. The zero-order valence-corrected chi connectivity index (χ0v) is 13.7. The second-order valence-electron chi connectivity index (χ2n) is 5.91. The molecule has 6 heteroatoms. The first-order valence-corrected chi connectivity index (χ1v) is 8.76. The van der Waals surface area contributed by atoms with Gasteiger partial charge in [-0.2, -0.15) is 0 Å². The molecule has 1 aliphatic heterocycles. The van der Waals surface area contributed by atoms with E-state index < -0.39 is 0 Å². The van der Waals surface area contributed by atoms with Crippen LogP contribution in [0.4, 0.5) is 0 Å². The van der Waals surface area contributed by atoms with Gasteiger partial charge in [0.05, 0.1) is 5.51 Å². The van der Waals surface area contributed by atoms with Crippen LogP contribution in [0.2, 0.25) is 0 Å². The van der Waals surface area contributed by atoms with Crippen LogP contribution >= 0.6 is 11.3 Å². The number of nitrogens with one attached hydrogen (secondary N) is 1. The lowest BCUT2D eigenvalue weighted by Gasteiger charge is -2.38. The maximum absolute atomic E-state index is 12.2. The van der Waals surface area contributed by atoms with Gasteiger partial charge >= 0.3 is 0 Å². The van der Waals surface area contributed by atoms with Crippen molar-refractivity contribution in [1.82, 2.24) is 15.2 Å². The number of aliphatic hydroxyl groups is 1. The molecule has 0 spiro atoms. The molecule has 1 aromatic carbocycles. The molecule has 23 heavy (non-hydrogen) atoms. The number of piperidine rings is 1. The summed E-state index contributed by atoms with van der Waals surface area (Å²) in [6.07, 6.45) is 0.880. The van der Waals surface area contributed by atoms with Gasteiger partial charge in [0.15, 0.2) is 0 Å². The number of carbonyl (C=O) groups excluding carboxylic acids is 1. The Morgan fingerprint density at radius 1 is 1.39 bits per heavy atom. The van der Waals surface area contributed by atoms with Gasteiger partial charge in [0, 0.05) is 37.0 Å². The third kappa shape index (κ3) is 4.16. The van der Waals surface area contributed by atoms with E-state index in [0.717, 1.165) is 26.1 Å². The van der Waals surface area contributed by atoms with Crippen molar-refractivity contribution < 1.29 is 9.90 Å².